The fourth-order valence-electron chi connectivity index (χ4n) is 2.48. The maximum Gasteiger partial charge on any atom is 0.322 e. The van der Waals surface area contributed by atoms with Gasteiger partial charge >= 0.3 is 11.9 Å². The monoisotopic (exact) mass is 370 g/mol. The molecule has 0 rings (SSSR count). The molecule has 0 aromatic rings. The summed E-state index contributed by atoms with van der Waals surface area (Å²) in [6.45, 7) is 12.0. The summed E-state index contributed by atoms with van der Waals surface area (Å²) < 4.78 is 10.6. The van der Waals surface area contributed by atoms with Crippen LogP contribution < -0.4 is 0 Å². The van der Waals surface area contributed by atoms with Crippen LogP contribution in [0.1, 0.15) is 106 Å². The lowest BCUT2D eigenvalue weighted by molar-refractivity contribution is -0.171. The Morgan fingerprint density at radius 2 is 1.08 bits per heavy atom. The zero-order valence-corrected chi connectivity index (χ0v) is 18.1. The summed E-state index contributed by atoms with van der Waals surface area (Å²) in [5, 5.41) is 0. The molecule has 0 heterocycles. The molecule has 0 saturated heterocycles. The number of unbranched alkanes of at least 4 members (excludes halogenated alkanes) is 9. The van der Waals surface area contributed by atoms with Crippen LogP contribution in [0.5, 0.6) is 0 Å². The molecule has 0 amide bonds. The Bertz CT molecular complexity index is 393. The van der Waals surface area contributed by atoms with Crippen LogP contribution in [-0.4, -0.2) is 25.2 Å². The highest BCUT2D eigenvalue weighted by Gasteiger charge is 2.39. The van der Waals surface area contributed by atoms with Gasteiger partial charge in [0.1, 0.15) is 0 Å². The number of hydrogen-bond acceptors (Lipinski definition) is 4. The lowest BCUT2D eigenvalue weighted by Crippen LogP contribution is -2.38. The Labute approximate surface area is 161 Å². The third kappa shape index (κ3) is 12.3. The van der Waals surface area contributed by atoms with Crippen LogP contribution in [0.2, 0.25) is 0 Å². The van der Waals surface area contributed by atoms with E-state index in [2.05, 4.69) is 6.92 Å². The van der Waals surface area contributed by atoms with E-state index in [4.69, 9.17) is 9.47 Å². The maximum absolute atomic E-state index is 12.2. The predicted molar refractivity (Wildman–Crippen MR) is 107 cm³/mol. The molecular weight excluding hydrogens is 328 g/mol. The van der Waals surface area contributed by atoms with Gasteiger partial charge in [-0.2, -0.15) is 0 Å². The lowest BCUT2D eigenvalue weighted by atomic mass is 9.93. The fourth-order valence-corrected chi connectivity index (χ4v) is 2.48. The Morgan fingerprint density at radius 3 is 1.54 bits per heavy atom. The second-order valence-electron chi connectivity index (χ2n) is 9.08. The highest BCUT2D eigenvalue weighted by Crippen LogP contribution is 2.22. The van der Waals surface area contributed by atoms with Gasteiger partial charge in [0, 0.05) is 0 Å². The Morgan fingerprint density at radius 1 is 0.654 bits per heavy atom. The molecule has 0 aliphatic heterocycles. The zero-order chi connectivity index (χ0) is 20.1. The smallest absolute Gasteiger partial charge is 0.322 e. The summed E-state index contributed by atoms with van der Waals surface area (Å²) in [7, 11) is 0. The van der Waals surface area contributed by atoms with Crippen molar-refractivity contribution in [2.75, 3.05) is 13.2 Å². The minimum absolute atomic E-state index is 0.119. The zero-order valence-electron chi connectivity index (χ0n) is 18.1. The van der Waals surface area contributed by atoms with Crippen molar-refractivity contribution in [3.05, 3.63) is 0 Å². The molecule has 154 valence electrons. The second kappa shape index (κ2) is 13.2. The largest absolute Gasteiger partial charge is 0.465 e. The van der Waals surface area contributed by atoms with Gasteiger partial charge in [-0.05, 0) is 25.7 Å². The van der Waals surface area contributed by atoms with Gasteiger partial charge in [-0.1, -0.05) is 85.5 Å². The summed E-state index contributed by atoms with van der Waals surface area (Å²) >= 11 is 0. The summed E-state index contributed by atoms with van der Waals surface area (Å²) in [5.74, 6) is -1.01. The number of hydrogen-bond donors (Lipinski definition) is 0. The third-order valence-electron chi connectivity index (χ3n) is 4.39. The van der Waals surface area contributed by atoms with Gasteiger partial charge in [-0.3, -0.25) is 9.59 Å². The van der Waals surface area contributed by atoms with Gasteiger partial charge in [-0.25, -0.2) is 0 Å². The molecule has 0 radical (unpaired) electrons. The first-order chi connectivity index (χ1) is 12.1. The van der Waals surface area contributed by atoms with Crippen molar-refractivity contribution in [1.29, 1.82) is 0 Å². The quantitative estimate of drug-likeness (QED) is 0.212. The predicted octanol–water partition coefficient (Wildman–Crippen LogP) is 6.07. The Balaban J connectivity index is 3.78. The van der Waals surface area contributed by atoms with Crippen molar-refractivity contribution in [2.24, 2.45) is 10.8 Å². The number of esters is 2. The van der Waals surface area contributed by atoms with Gasteiger partial charge in [0.2, 0.25) is 0 Å². The Hall–Kier alpha value is -1.06. The van der Waals surface area contributed by atoms with E-state index in [-0.39, 0.29) is 5.41 Å². The van der Waals surface area contributed by atoms with Crippen molar-refractivity contribution in [2.45, 2.75) is 106 Å². The molecule has 26 heavy (non-hydrogen) atoms. The van der Waals surface area contributed by atoms with E-state index in [1.165, 1.54) is 51.4 Å². The van der Waals surface area contributed by atoms with Crippen LogP contribution in [0.3, 0.4) is 0 Å². The van der Waals surface area contributed by atoms with Gasteiger partial charge in [-0.15, -0.1) is 0 Å². The van der Waals surface area contributed by atoms with Crippen molar-refractivity contribution >= 4 is 11.9 Å². The highest BCUT2D eigenvalue weighted by molar-refractivity contribution is 5.99. The van der Waals surface area contributed by atoms with E-state index in [1.54, 1.807) is 13.8 Å². The molecule has 0 unspecified atom stereocenters. The molecule has 0 aliphatic rings. The first kappa shape index (κ1) is 24.9. The fraction of sp³-hybridized carbons (Fsp3) is 0.909. The van der Waals surface area contributed by atoms with E-state index < -0.39 is 17.4 Å². The average Bonchev–Trinajstić information content (AvgIpc) is 2.56. The van der Waals surface area contributed by atoms with Crippen molar-refractivity contribution in [3.63, 3.8) is 0 Å². The molecule has 0 atom stereocenters. The molecule has 0 aromatic carbocycles. The van der Waals surface area contributed by atoms with Crippen LogP contribution in [0.4, 0.5) is 0 Å². The molecule has 0 aliphatic carbocycles. The van der Waals surface area contributed by atoms with E-state index >= 15 is 0 Å². The number of carbonyl (C=O) groups is 2. The molecule has 0 aromatic heterocycles. The topological polar surface area (TPSA) is 52.6 Å². The number of carbonyl (C=O) groups excluding carboxylic acids is 2. The summed E-state index contributed by atoms with van der Waals surface area (Å²) in [4.78, 5) is 24.3. The van der Waals surface area contributed by atoms with Crippen LogP contribution in [0, 0.1) is 10.8 Å². The van der Waals surface area contributed by atoms with E-state index in [0.29, 0.717) is 13.2 Å². The maximum atomic E-state index is 12.2. The molecular formula is C22H42O4. The lowest BCUT2D eigenvalue weighted by Gasteiger charge is -2.24. The van der Waals surface area contributed by atoms with Crippen molar-refractivity contribution < 1.29 is 19.1 Å². The highest BCUT2D eigenvalue weighted by atomic mass is 16.6. The second-order valence-corrected chi connectivity index (χ2v) is 9.08. The SMILES string of the molecule is CCCCCCCCCCCCOC(=O)C(C)(C)C(=O)OCC(C)(C)C. The molecule has 4 heteroatoms. The normalized spacial score (nSPS) is 12.1. The van der Waals surface area contributed by atoms with Crippen LogP contribution in [0.25, 0.3) is 0 Å². The van der Waals surface area contributed by atoms with Gasteiger partial charge in [0.25, 0.3) is 0 Å². The molecule has 4 nitrogen and oxygen atoms in total. The first-order valence-electron chi connectivity index (χ1n) is 10.5. The van der Waals surface area contributed by atoms with E-state index in [0.717, 1.165) is 12.8 Å². The van der Waals surface area contributed by atoms with E-state index in [9.17, 15) is 9.59 Å². The molecule has 0 saturated carbocycles. The van der Waals surface area contributed by atoms with Crippen molar-refractivity contribution in [3.8, 4) is 0 Å². The molecule has 0 bridgehead atoms. The third-order valence-corrected chi connectivity index (χ3v) is 4.39. The Kier molecular flexibility index (Phi) is 12.6. The van der Waals surface area contributed by atoms with Crippen LogP contribution in [0.15, 0.2) is 0 Å². The minimum atomic E-state index is -1.25. The van der Waals surface area contributed by atoms with Crippen LogP contribution in [-0.2, 0) is 19.1 Å². The summed E-state index contributed by atoms with van der Waals surface area (Å²) in [6.07, 6.45) is 12.4. The average molecular weight is 371 g/mol. The van der Waals surface area contributed by atoms with E-state index in [1.807, 2.05) is 20.8 Å². The van der Waals surface area contributed by atoms with Gasteiger partial charge in [0.05, 0.1) is 13.2 Å². The molecule has 0 spiro atoms. The molecule has 0 N–H and O–H groups in total. The number of rotatable bonds is 14. The number of ether oxygens (including phenoxy) is 2. The standard InChI is InChI=1S/C22H42O4/c1-7-8-9-10-11-12-13-14-15-16-17-25-19(23)22(5,6)20(24)26-18-21(2,3)4/h7-18H2,1-6H3. The minimum Gasteiger partial charge on any atom is -0.465 e. The van der Waals surface area contributed by atoms with Gasteiger partial charge < -0.3 is 9.47 Å². The van der Waals surface area contributed by atoms with Crippen LogP contribution >= 0.6 is 0 Å². The van der Waals surface area contributed by atoms with Gasteiger partial charge in [0.15, 0.2) is 5.41 Å². The summed E-state index contributed by atoms with van der Waals surface area (Å²) in [6, 6.07) is 0. The molecule has 0 fully saturated rings. The first-order valence-corrected chi connectivity index (χ1v) is 10.5. The van der Waals surface area contributed by atoms with Crippen molar-refractivity contribution in [1.82, 2.24) is 0 Å². The summed E-state index contributed by atoms with van der Waals surface area (Å²) in [5.41, 5.74) is -1.37.